The molecule has 2 atom stereocenters. The highest BCUT2D eigenvalue weighted by molar-refractivity contribution is 7.61. The van der Waals surface area contributed by atoms with Crippen LogP contribution in [-0.2, 0) is 18.0 Å². The summed E-state index contributed by atoms with van der Waals surface area (Å²) in [5, 5.41) is 0. The van der Waals surface area contributed by atoms with E-state index in [2.05, 4.69) is 11.2 Å². The summed E-state index contributed by atoms with van der Waals surface area (Å²) in [4.78, 5) is 18.0. The number of benzene rings is 1. The molecule has 0 spiro atoms. The maximum atomic E-state index is 12.6. The molecule has 1 aromatic rings. The molecule has 0 heterocycles. The van der Waals surface area contributed by atoms with Gasteiger partial charge in [-0.2, -0.15) is 4.31 Å². The standard InChI is InChI=1S/C15H26O7P2/c1-4-6-7-14(5-2)12-20-24(19,22-23(16,17)18)21-15-10-8-13(3)9-11-15/h8-11,14H,4-7,12H2,1-3H3,(H2,16,17,18). The van der Waals surface area contributed by atoms with Crippen molar-refractivity contribution in [3.63, 3.8) is 0 Å². The predicted molar refractivity (Wildman–Crippen MR) is 91.8 cm³/mol. The third-order valence-corrected chi connectivity index (χ3v) is 6.01. The molecule has 1 rings (SSSR count). The first-order valence-electron chi connectivity index (χ1n) is 7.95. The Labute approximate surface area is 143 Å². The minimum atomic E-state index is -5.04. The average Bonchev–Trinajstić information content (AvgIpc) is 2.48. The van der Waals surface area contributed by atoms with Gasteiger partial charge in [-0.1, -0.05) is 50.8 Å². The molecule has 0 aliphatic heterocycles. The monoisotopic (exact) mass is 380 g/mol. The molecule has 2 N–H and O–H groups in total. The molecule has 2 unspecified atom stereocenters. The molecule has 0 amide bonds. The summed E-state index contributed by atoms with van der Waals surface area (Å²) in [5.74, 6) is 0.263. The van der Waals surface area contributed by atoms with Crippen LogP contribution in [0.1, 0.15) is 45.1 Å². The molecule has 7 nitrogen and oxygen atoms in total. The van der Waals surface area contributed by atoms with Gasteiger partial charge >= 0.3 is 15.6 Å². The second-order valence-electron chi connectivity index (χ2n) is 5.64. The summed E-state index contributed by atoms with van der Waals surface area (Å²) in [7, 11) is -9.48. The largest absolute Gasteiger partial charge is 0.539 e. The van der Waals surface area contributed by atoms with Crippen LogP contribution in [-0.4, -0.2) is 16.4 Å². The Kier molecular flexibility index (Phi) is 8.65. The fourth-order valence-electron chi connectivity index (χ4n) is 2.02. The number of hydrogen-bond donors (Lipinski definition) is 2. The summed E-state index contributed by atoms with van der Waals surface area (Å²) in [6.45, 7) is 5.94. The third-order valence-electron chi connectivity index (χ3n) is 3.46. The summed E-state index contributed by atoms with van der Waals surface area (Å²) in [5.41, 5.74) is 0.958. The number of unbranched alkanes of at least 4 members (excludes halogenated alkanes) is 1. The molecule has 1 aromatic carbocycles. The zero-order chi connectivity index (χ0) is 18.2. The fraction of sp³-hybridized carbons (Fsp3) is 0.600. The first-order valence-corrected chi connectivity index (χ1v) is 10.9. The van der Waals surface area contributed by atoms with Crippen LogP contribution in [0.15, 0.2) is 24.3 Å². The van der Waals surface area contributed by atoms with Crippen LogP contribution in [0, 0.1) is 12.8 Å². The molecule has 0 bridgehead atoms. The molecule has 0 saturated carbocycles. The summed E-state index contributed by atoms with van der Waals surface area (Å²) >= 11 is 0. The zero-order valence-corrected chi connectivity index (χ0v) is 16.0. The second-order valence-corrected chi connectivity index (χ2v) is 8.61. The highest BCUT2D eigenvalue weighted by Gasteiger charge is 2.38. The first-order chi connectivity index (χ1) is 11.2. The molecule has 0 fully saturated rings. The van der Waals surface area contributed by atoms with Crippen molar-refractivity contribution in [3.8, 4) is 5.75 Å². The fourth-order valence-corrected chi connectivity index (χ4v) is 4.21. The van der Waals surface area contributed by atoms with Gasteiger partial charge in [0.1, 0.15) is 5.75 Å². The predicted octanol–water partition coefficient (Wildman–Crippen LogP) is 4.82. The first kappa shape index (κ1) is 21.4. The second kappa shape index (κ2) is 9.71. The van der Waals surface area contributed by atoms with Crippen LogP contribution in [0.2, 0.25) is 0 Å². The van der Waals surface area contributed by atoms with Crippen molar-refractivity contribution in [1.82, 2.24) is 0 Å². The molecule has 9 heteroatoms. The van der Waals surface area contributed by atoms with Crippen molar-refractivity contribution in [3.05, 3.63) is 29.8 Å². The van der Waals surface area contributed by atoms with Gasteiger partial charge in [-0.25, -0.2) is 9.13 Å². The summed E-state index contributed by atoms with van der Waals surface area (Å²) < 4.78 is 38.4. The lowest BCUT2D eigenvalue weighted by molar-refractivity contribution is 0.156. The average molecular weight is 380 g/mol. The third kappa shape index (κ3) is 8.43. The van der Waals surface area contributed by atoms with Gasteiger partial charge in [0.25, 0.3) is 0 Å². The van der Waals surface area contributed by atoms with Crippen molar-refractivity contribution < 1.29 is 32.3 Å². The number of hydrogen-bond acceptors (Lipinski definition) is 5. The van der Waals surface area contributed by atoms with Gasteiger partial charge in [0.2, 0.25) is 0 Å². The lowest BCUT2D eigenvalue weighted by Crippen LogP contribution is -2.11. The van der Waals surface area contributed by atoms with E-state index in [1.54, 1.807) is 12.1 Å². The van der Waals surface area contributed by atoms with E-state index in [1.165, 1.54) is 12.1 Å². The maximum Gasteiger partial charge on any atom is 0.539 e. The van der Waals surface area contributed by atoms with Gasteiger partial charge in [0.05, 0.1) is 6.61 Å². The molecular formula is C15H26O7P2. The molecule has 24 heavy (non-hydrogen) atoms. The van der Waals surface area contributed by atoms with E-state index < -0.39 is 15.6 Å². The van der Waals surface area contributed by atoms with E-state index in [0.717, 1.165) is 31.2 Å². The topological polar surface area (TPSA) is 102 Å². The van der Waals surface area contributed by atoms with Crippen molar-refractivity contribution in [2.45, 2.75) is 46.5 Å². The normalized spacial score (nSPS) is 15.7. The number of rotatable bonds is 11. The lowest BCUT2D eigenvalue weighted by Gasteiger charge is -2.21. The van der Waals surface area contributed by atoms with Crippen molar-refractivity contribution in [1.29, 1.82) is 0 Å². The van der Waals surface area contributed by atoms with Gasteiger partial charge in [-0.15, -0.1) is 0 Å². The highest BCUT2D eigenvalue weighted by atomic mass is 31.3. The van der Waals surface area contributed by atoms with Crippen molar-refractivity contribution in [2.75, 3.05) is 6.61 Å². The minimum Gasteiger partial charge on any atom is -0.404 e. The minimum absolute atomic E-state index is 0.0413. The molecule has 0 aromatic heterocycles. The van der Waals surface area contributed by atoms with E-state index in [1.807, 2.05) is 13.8 Å². The molecular weight excluding hydrogens is 354 g/mol. The Balaban J connectivity index is 2.83. The number of phosphoric ester groups is 1. The Morgan fingerprint density at radius 3 is 2.25 bits per heavy atom. The van der Waals surface area contributed by atoms with Gasteiger partial charge in [0, 0.05) is 0 Å². The molecule has 0 radical (unpaired) electrons. The Bertz CT molecular complexity index is 582. The van der Waals surface area contributed by atoms with E-state index in [4.69, 9.17) is 18.8 Å². The van der Waals surface area contributed by atoms with Crippen LogP contribution in [0.5, 0.6) is 5.75 Å². The molecule has 0 aliphatic carbocycles. The van der Waals surface area contributed by atoms with E-state index in [0.29, 0.717) is 0 Å². The quantitative estimate of drug-likeness (QED) is 0.530. The molecule has 0 aliphatic rings. The number of aryl methyl sites for hydroxylation is 1. The van der Waals surface area contributed by atoms with Gasteiger partial charge in [-0.3, -0.25) is 4.52 Å². The Morgan fingerprint density at radius 1 is 1.12 bits per heavy atom. The van der Waals surface area contributed by atoms with Crippen LogP contribution in [0.25, 0.3) is 0 Å². The van der Waals surface area contributed by atoms with Crippen molar-refractivity contribution >= 4 is 15.6 Å². The highest BCUT2D eigenvalue weighted by Crippen LogP contribution is 2.61. The zero-order valence-electron chi connectivity index (χ0n) is 14.3. The molecule has 0 saturated heterocycles. The van der Waals surface area contributed by atoms with E-state index in [9.17, 15) is 9.13 Å². The summed E-state index contributed by atoms with van der Waals surface area (Å²) in [6.07, 6.45) is 3.67. The SMILES string of the molecule is CCCCC(CC)COP(=O)(Oc1ccc(C)cc1)OP(=O)(O)O. The van der Waals surface area contributed by atoms with Gasteiger partial charge in [0.15, 0.2) is 0 Å². The van der Waals surface area contributed by atoms with Gasteiger partial charge in [-0.05, 0) is 31.4 Å². The van der Waals surface area contributed by atoms with Crippen molar-refractivity contribution in [2.24, 2.45) is 5.92 Å². The smallest absolute Gasteiger partial charge is 0.404 e. The lowest BCUT2D eigenvalue weighted by atomic mass is 10.0. The van der Waals surface area contributed by atoms with Crippen LogP contribution in [0.3, 0.4) is 0 Å². The van der Waals surface area contributed by atoms with Crippen LogP contribution >= 0.6 is 15.6 Å². The van der Waals surface area contributed by atoms with Crippen LogP contribution in [0.4, 0.5) is 0 Å². The maximum absolute atomic E-state index is 12.6. The molecule has 138 valence electrons. The summed E-state index contributed by atoms with van der Waals surface area (Å²) in [6, 6.07) is 6.49. The van der Waals surface area contributed by atoms with E-state index >= 15 is 0 Å². The van der Waals surface area contributed by atoms with Gasteiger partial charge < -0.3 is 14.3 Å². The Morgan fingerprint density at radius 2 is 1.75 bits per heavy atom. The van der Waals surface area contributed by atoms with Crippen LogP contribution < -0.4 is 4.52 Å². The van der Waals surface area contributed by atoms with E-state index in [-0.39, 0.29) is 18.3 Å². The number of phosphoric acid groups is 2. The Hall–Kier alpha value is -0.680.